The van der Waals surface area contributed by atoms with Gasteiger partial charge in [0.15, 0.2) is 11.5 Å². The predicted molar refractivity (Wildman–Crippen MR) is 128 cm³/mol. The summed E-state index contributed by atoms with van der Waals surface area (Å²) in [6.45, 7) is 0. The van der Waals surface area contributed by atoms with E-state index in [1.807, 2.05) is 82.6 Å². The molecule has 0 fully saturated rings. The smallest absolute Gasteiger partial charge is 0.334 e. The Kier molecular flexibility index (Phi) is 3.97. The number of benzene rings is 4. The Hall–Kier alpha value is -4.23. The van der Waals surface area contributed by atoms with Gasteiger partial charge in [-0.05, 0) is 53.7 Å². The molecule has 0 spiro atoms. The maximum absolute atomic E-state index is 6.10. The molecule has 0 bridgehead atoms. The van der Waals surface area contributed by atoms with Crippen LogP contribution >= 0.6 is 11.8 Å². The first-order chi connectivity index (χ1) is 16.4. The quantitative estimate of drug-likeness (QED) is 0.270. The zero-order valence-corrected chi connectivity index (χ0v) is 18.1. The summed E-state index contributed by atoms with van der Waals surface area (Å²) in [5, 5.41) is 4.39. The van der Waals surface area contributed by atoms with Crippen LogP contribution < -0.4 is 14.5 Å². The summed E-state index contributed by atoms with van der Waals surface area (Å²) >= 11 is 1.74. The van der Waals surface area contributed by atoms with Gasteiger partial charge in [0.05, 0.1) is 22.7 Å². The Morgan fingerprint density at radius 2 is 1.09 bits per heavy atom. The van der Waals surface area contributed by atoms with Crippen LogP contribution in [-0.4, -0.2) is 10.1 Å². The van der Waals surface area contributed by atoms with Crippen LogP contribution in [0.2, 0.25) is 0 Å². The molecular formula is C26H16N4O2S. The fraction of sp³-hybridized carbons (Fsp3) is 0. The molecule has 0 saturated heterocycles. The van der Waals surface area contributed by atoms with Crippen molar-refractivity contribution in [1.82, 2.24) is 10.1 Å². The average molecular weight is 449 g/mol. The highest BCUT2D eigenvalue weighted by molar-refractivity contribution is 7.99. The number of hydrogen-bond acceptors (Lipinski definition) is 7. The summed E-state index contributed by atoms with van der Waals surface area (Å²) in [5.41, 5.74) is 3.75. The summed E-state index contributed by atoms with van der Waals surface area (Å²) in [6.07, 6.45) is 0. The summed E-state index contributed by atoms with van der Waals surface area (Å²) in [7, 11) is 0. The van der Waals surface area contributed by atoms with Crippen LogP contribution in [0.15, 0.2) is 111 Å². The fourth-order valence-corrected chi connectivity index (χ4v) is 5.28. The molecule has 0 aliphatic carbocycles. The van der Waals surface area contributed by atoms with Gasteiger partial charge in [0.2, 0.25) is 0 Å². The van der Waals surface area contributed by atoms with Gasteiger partial charge in [-0.15, -0.1) is 0 Å². The monoisotopic (exact) mass is 448 g/mol. The molecule has 33 heavy (non-hydrogen) atoms. The maximum atomic E-state index is 6.10. The Bertz CT molecular complexity index is 1310. The molecule has 6 nitrogen and oxygen atoms in total. The molecule has 1 aromatic heterocycles. The average Bonchev–Trinajstić information content (AvgIpc) is 3.35. The molecule has 0 atom stereocenters. The van der Waals surface area contributed by atoms with Crippen molar-refractivity contribution in [3.05, 3.63) is 97.1 Å². The van der Waals surface area contributed by atoms with Crippen LogP contribution in [0.3, 0.4) is 0 Å². The number of fused-ring (bicyclic) bond motifs is 4. The second kappa shape index (κ2) is 7.15. The van der Waals surface area contributed by atoms with E-state index < -0.39 is 0 Å². The van der Waals surface area contributed by atoms with Crippen molar-refractivity contribution in [2.75, 3.05) is 9.80 Å². The molecule has 158 valence electrons. The van der Waals surface area contributed by atoms with Gasteiger partial charge in [0, 0.05) is 9.79 Å². The van der Waals surface area contributed by atoms with Crippen molar-refractivity contribution in [3.8, 4) is 11.5 Å². The molecule has 2 aliphatic heterocycles. The van der Waals surface area contributed by atoms with E-state index in [1.54, 1.807) is 11.8 Å². The van der Waals surface area contributed by atoms with E-state index in [4.69, 9.17) is 14.2 Å². The third-order valence-electron chi connectivity index (χ3n) is 5.66. The second-order valence-corrected chi connectivity index (χ2v) is 8.71. The fourth-order valence-electron chi connectivity index (χ4n) is 4.22. The van der Waals surface area contributed by atoms with Crippen molar-refractivity contribution in [2.24, 2.45) is 0 Å². The zero-order chi connectivity index (χ0) is 21.8. The maximum Gasteiger partial charge on any atom is 0.334 e. The van der Waals surface area contributed by atoms with Crippen molar-refractivity contribution in [2.45, 2.75) is 9.79 Å². The van der Waals surface area contributed by atoms with E-state index in [-0.39, 0.29) is 0 Å². The van der Waals surface area contributed by atoms with E-state index in [2.05, 4.69) is 29.4 Å². The third kappa shape index (κ3) is 2.83. The first-order valence-corrected chi connectivity index (χ1v) is 11.3. The summed E-state index contributed by atoms with van der Waals surface area (Å²) in [6, 6.07) is 32.6. The van der Waals surface area contributed by atoms with Crippen molar-refractivity contribution >= 4 is 46.5 Å². The van der Waals surface area contributed by atoms with E-state index in [0.29, 0.717) is 12.0 Å². The van der Waals surface area contributed by atoms with Gasteiger partial charge in [-0.2, -0.15) is 4.98 Å². The van der Waals surface area contributed by atoms with Gasteiger partial charge < -0.3 is 9.26 Å². The van der Waals surface area contributed by atoms with Gasteiger partial charge >= 0.3 is 6.01 Å². The molecule has 4 aromatic carbocycles. The van der Waals surface area contributed by atoms with E-state index in [9.17, 15) is 0 Å². The number of aromatic nitrogens is 2. The van der Waals surface area contributed by atoms with E-state index in [0.717, 1.165) is 44.0 Å². The molecule has 5 aromatic rings. The highest BCUT2D eigenvalue weighted by Crippen LogP contribution is 2.52. The van der Waals surface area contributed by atoms with Crippen LogP contribution in [-0.2, 0) is 0 Å². The minimum Gasteiger partial charge on any atom is -0.453 e. The molecule has 3 heterocycles. The summed E-state index contributed by atoms with van der Waals surface area (Å²) in [4.78, 5) is 11.1. The molecule has 0 saturated carbocycles. The number of ether oxygens (including phenoxy) is 1. The van der Waals surface area contributed by atoms with Gasteiger partial charge in [-0.25, -0.2) is 0 Å². The molecule has 7 heteroatoms. The summed E-state index contributed by atoms with van der Waals surface area (Å²) in [5.74, 6) is 1.93. The molecule has 0 N–H and O–H groups in total. The number of anilines is 6. The molecule has 0 unspecified atom stereocenters. The van der Waals surface area contributed by atoms with E-state index >= 15 is 0 Å². The first kappa shape index (κ1) is 18.4. The Labute approximate surface area is 194 Å². The lowest BCUT2D eigenvalue weighted by atomic mass is 10.2. The SMILES string of the molecule is c1ccc2c(c1)Oc1ccccc1N2c1noc(N2c3ccccc3Sc3ccccc32)n1. The van der Waals surface area contributed by atoms with Crippen molar-refractivity contribution in [3.63, 3.8) is 0 Å². The molecule has 7 rings (SSSR count). The highest BCUT2D eigenvalue weighted by Gasteiger charge is 2.32. The van der Waals surface area contributed by atoms with Crippen LogP contribution in [0.5, 0.6) is 11.5 Å². The third-order valence-corrected chi connectivity index (χ3v) is 6.79. The predicted octanol–water partition coefficient (Wildman–Crippen LogP) is 7.58. The Morgan fingerprint density at radius 1 is 0.576 bits per heavy atom. The lowest BCUT2D eigenvalue weighted by Gasteiger charge is -2.30. The lowest BCUT2D eigenvalue weighted by molar-refractivity contribution is 0.426. The number of nitrogens with zero attached hydrogens (tertiary/aromatic N) is 4. The number of rotatable bonds is 2. The first-order valence-electron chi connectivity index (χ1n) is 10.5. The number of hydrogen-bond donors (Lipinski definition) is 0. The standard InChI is InChI=1S/C26H16N4O2S/c1-5-13-21-17(9-1)29(18-10-2-6-14-22(18)31-21)25-27-26(32-28-25)30-19-11-3-7-15-23(19)33-24-16-8-4-12-20(24)30/h1-16H. The molecule has 0 amide bonds. The highest BCUT2D eigenvalue weighted by atomic mass is 32.2. The normalized spacial score (nSPS) is 13.5. The molecular weight excluding hydrogens is 432 g/mol. The van der Waals surface area contributed by atoms with Crippen LogP contribution in [0, 0.1) is 0 Å². The van der Waals surface area contributed by atoms with Crippen LogP contribution in [0.25, 0.3) is 0 Å². The number of para-hydroxylation sites is 6. The van der Waals surface area contributed by atoms with Gasteiger partial charge in [0.1, 0.15) is 0 Å². The van der Waals surface area contributed by atoms with Gasteiger partial charge in [-0.1, -0.05) is 60.3 Å². The zero-order valence-electron chi connectivity index (χ0n) is 17.3. The minimum atomic E-state index is 0.409. The molecule has 0 radical (unpaired) electrons. The molecule has 2 aliphatic rings. The van der Waals surface area contributed by atoms with Gasteiger partial charge in [0.25, 0.3) is 5.95 Å². The lowest BCUT2D eigenvalue weighted by Crippen LogP contribution is -2.18. The Morgan fingerprint density at radius 3 is 1.70 bits per heavy atom. The van der Waals surface area contributed by atoms with Crippen molar-refractivity contribution < 1.29 is 9.26 Å². The largest absolute Gasteiger partial charge is 0.453 e. The Balaban J connectivity index is 1.39. The van der Waals surface area contributed by atoms with Gasteiger partial charge in [-0.3, -0.25) is 9.80 Å². The van der Waals surface area contributed by atoms with Crippen molar-refractivity contribution in [1.29, 1.82) is 0 Å². The minimum absolute atomic E-state index is 0.409. The summed E-state index contributed by atoms with van der Waals surface area (Å²) < 4.78 is 12.0. The van der Waals surface area contributed by atoms with Crippen LogP contribution in [0.1, 0.15) is 0 Å². The second-order valence-electron chi connectivity index (χ2n) is 7.62. The topological polar surface area (TPSA) is 54.6 Å². The van der Waals surface area contributed by atoms with E-state index in [1.165, 1.54) is 0 Å². The van der Waals surface area contributed by atoms with Crippen LogP contribution in [0.4, 0.5) is 34.7 Å².